The second-order valence-corrected chi connectivity index (χ2v) is 11.8. The van der Waals surface area contributed by atoms with Crippen molar-refractivity contribution in [3.8, 4) is 0 Å². The predicted octanol–water partition coefficient (Wildman–Crippen LogP) is -0.505. The average molecular weight is 551 g/mol. The molecule has 0 aliphatic carbocycles. The van der Waals surface area contributed by atoms with Crippen molar-refractivity contribution in [2.24, 2.45) is 5.16 Å². The number of anilines is 2. The smallest absolute Gasteiger partial charge is 0.353 e. The number of carboxylic acids is 1. The van der Waals surface area contributed by atoms with Crippen molar-refractivity contribution in [3.63, 3.8) is 0 Å². The number of amides is 2. The van der Waals surface area contributed by atoms with Gasteiger partial charge in [0.25, 0.3) is 11.8 Å². The average Bonchev–Trinajstić information content (AvgIpc) is 3.30. The highest BCUT2D eigenvalue weighted by molar-refractivity contribution is 8.05. The molecule has 2 aromatic heterocycles. The van der Waals surface area contributed by atoms with Gasteiger partial charge in [-0.15, -0.1) is 10.2 Å². The molecule has 2 aliphatic heterocycles. The maximum Gasteiger partial charge on any atom is 0.353 e. The number of thioether (sulfide) groups is 1. The number of rotatable bonds is 6. The van der Waals surface area contributed by atoms with Gasteiger partial charge >= 0.3 is 5.97 Å². The summed E-state index contributed by atoms with van der Waals surface area (Å²) >= 11 is 8.68. The summed E-state index contributed by atoms with van der Waals surface area (Å²) in [5, 5.41) is 30.6. The molecule has 3 atom stereocenters. The number of nitrogens with zero attached hydrogens (tertiary/aromatic N) is 5. The summed E-state index contributed by atoms with van der Waals surface area (Å²) in [6.07, 6.45) is 0. The first-order valence-electron chi connectivity index (χ1n) is 8.51. The molecule has 4 heterocycles. The van der Waals surface area contributed by atoms with Crippen LogP contribution < -0.4 is 16.8 Å². The minimum Gasteiger partial charge on any atom is -0.477 e. The van der Waals surface area contributed by atoms with E-state index in [1.54, 1.807) is 0 Å². The van der Waals surface area contributed by atoms with Crippen LogP contribution in [0, 0.1) is 0 Å². The van der Waals surface area contributed by atoms with Gasteiger partial charge in [0, 0.05) is 4.91 Å². The lowest BCUT2D eigenvalue weighted by Crippen LogP contribution is -2.73. The van der Waals surface area contributed by atoms with E-state index < -0.39 is 45.7 Å². The number of thiazole rings is 1. The van der Waals surface area contributed by atoms with E-state index in [0.717, 1.165) is 39.3 Å². The quantitative estimate of drug-likeness (QED) is 0.133. The third kappa shape index (κ3) is 4.14. The number of carbonyl (C=O) groups is 3. The molecule has 19 heteroatoms. The van der Waals surface area contributed by atoms with Gasteiger partial charge < -0.3 is 27.1 Å². The number of aromatic nitrogens is 3. The van der Waals surface area contributed by atoms with E-state index in [-0.39, 0.29) is 36.6 Å². The molecule has 2 aromatic rings. The van der Waals surface area contributed by atoms with Crippen LogP contribution in [0.25, 0.3) is 0 Å². The Morgan fingerprint density at radius 2 is 2.03 bits per heavy atom. The van der Waals surface area contributed by atoms with E-state index in [1.807, 2.05) is 0 Å². The molecule has 2 unspecified atom stereocenters. The first kappa shape index (κ1) is 23.4. The number of hydrogen-bond donors (Lipinski definition) is 5. The van der Waals surface area contributed by atoms with Crippen molar-refractivity contribution in [3.05, 3.63) is 20.6 Å². The molecule has 0 radical (unpaired) electrons. The zero-order valence-corrected chi connectivity index (χ0v) is 19.8. The second-order valence-electron chi connectivity index (χ2n) is 6.28. The topological polar surface area (TPSA) is 227 Å². The molecule has 1 fully saturated rings. The van der Waals surface area contributed by atoms with E-state index in [1.165, 1.54) is 0 Å². The van der Waals surface area contributed by atoms with E-state index >= 15 is 0 Å². The minimum atomic E-state index is -1.78. The maximum atomic E-state index is 12.9. The summed E-state index contributed by atoms with van der Waals surface area (Å²) in [7, 11) is -1.78. The fourth-order valence-electron chi connectivity index (χ4n) is 3.06. The van der Waals surface area contributed by atoms with Crippen molar-refractivity contribution >= 4 is 90.6 Å². The number of carboxylic acid groups (broad SMARTS) is 1. The van der Waals surface area contributed by atoms with Crippen molar-refractivity contribution in [2.45, 2.75) is 15.8 Å². The van der Waals surface area contributed by atoms with Gasteiger partial charge in [-0.3, -0.25) is 18.7 Å². The van der Waals surface area contributed by atoms with Crippen LogP contribution in [0.4, 0.5) is 10.3 Å². The number of fused-ring (bicyclic) bond motifs is 1. The summed E-state index contributed by atoms with van der Waals surface area (Å²) < 4.78 is 13.2. The summed E-state index contributed by atoms with van der Waals surface area (Å²) in [6.45, 7) is 0. The van der Waals surface area contributed by atoms with Gasteiger partial charge in [-0.2, -0.15) is 0 Å². The zero-order valence-electron chi connectivity index (χ0n) is 15.8. The van der Waals surface area contributed by atoms with Crippen LogP contribution in [0.3, 0.4) is 0 Å². The van der Waals surface area contributed by atoms with Gasteiger partial charge in [0.1, 0.15) is 27.1 Å². The number of oxime groups is 1. The molecule has 2 amide bonds. The Labute approximate surface area is 203 Å². The van der Waals surface area contributed by atoms with E-state index in [2.05, 4.69) is 25.7 Å². The van der Waals surface area contributed by atoms with Gasteiger partial charge in [-0.05, 0) is 0 Å². The van der Waals surface area contributed by atoms with Gasteiger partial charge in [0.15, 0.2) is 15.2 Å². The van der Waals surface area contributed by atoms with Gasteiger partial charge in [-0.25, -0.2) is 9.78 Å². The molecule has 0 spiro atoms. The number of β-lactam (4-membered cyclic amide) rings is 1. The van der Waals surface area contributed by atoms with Crippen LogP contribution in [0.2, 0.25) is 4.34 Å². The molecule has 4 rings (SSSR count). The standard InChI is InChI=1S/C14H11ClN8O6S4/c15-7-3(19-12(16)31-7)4(22-28)8(24)18-5-9(25)23-6(11(26)27)2(1-33(29)10(5)23)30-14-21-20-13(17)32-14/h5,10,28H,1H2,(H2,16,19)(H2,17,20)(H,18,24)(H,26,27)/t5-,10?,33?/m1/s1. The van der Waals surface area contributed by atoms with Crippen LogP contribution in [0.5, 0.6) is 0 Å². The lowest BCUT2D eigenvalue weighted by molar-refractivity contribution is -0.150. The van der Waals surface area contributed by atoms with Crippen molar-refractivity contribution in [1.29, 1.82) is 0 Å². The molecule has 33 heavy (non-hydrogen) atoms. The molecule has 0 saturated carbocycles. The predicted molar refractivity (Wildman–Crippen MR) is 120 cm³/mol. The van der Waals surface area contributed by atoms with Gasteiger partial charge in [0.05, 0.1) is 16.6 Å². The molecular weight excluding hydrogens is 540 g/mol. The zero-order chi connectivity index (χ0) is 24.0. The third-order valence-corrected chi connectivity index (χ3v) is 9.10. The number of aliphatic carboxylic acids is 1. The van der Waals surface area contributed by atoms with Crippen LogP contribution >= 0.6 is 46.0 Å². The first-order chi connectivity index (χ1) is 15.6. The van der Waals surface area contributed by atoms with E-state index in [9.17, 15) is 28.9 Å². The summed E-state index contributed by atoms with van der Waals surface area (Å²) in [5.41, 5.74) is 9.87. The number of halogens is 1. The Balaban J connectivity index is 1.58. The minimum absolute atomic E-state index is 0.0154. The number of nitrogen functional groups attached to an aromatic ring is 2. The van der Waals surface area contributed by atoms with Crippen molar-refractivity contribution in [1.82, 2.24) is 25.4 Å². The Bertz CT molecular complexity index is 1270. The van der Waals surface area contributed by atoms with E-state index in [4.69, 9.17) is 23.1 Å². The molecule has 0 aromatic carbocycles. The van der Waals surface area contributed by atoms with Crippen LogP contribution in [-0.2, 0) is 25.2 Å². The number of carbonyl (C=O) groups excluding carboxylic acids is 2. The molecule has 1 saturated heterocycles. The molecule has 7 N–H and O–H groups in total. The SMILES string of the molecule is Nc1nnc(SC2=C(C(=O)O)N3C(=O)[C@@H](NC(=O)C(=NO)c4nc(N)sc4Cl)C3S(=O)C2)s1. The largest absolute Gasteiger partial charge is 0.477 e. The lowest BCUT2D eigenvalue weighted by Gasteiger charge is -2.48. The Hall–Kier alpha value is -2.80. The number of nitrogens with one attached hydrogen (secondary N) is 1. The maximum absolute atomic E-state index is 12.9. The van der Waals surface area contributed by atoms with Crippen LogP contribution in [0.15, 0.2) is 20.1 Å². The molecule has 174 valence electrons. The third-order valence-electron chi connectivity index (χ3n) is 4.35. The Kier molecular flexibility index (Phi) is 6.27. The van der Waals surface area contributed by atoms with Crippen molar-refractivity contribution in [2.75, 3.05) is 17.2 Å². The Morgan fingerprint density at radius 1 is 1.30 bits per heavy atom. The van der Waals surface area contributed by atoms with Crippen LogP contribution in [-0.4, -0.2) is 75.3 Å². The van der Waals surface area contributed by atoms with Crippen molar-refractivity contribution < 1.29 is 28.9 Å². The summed E-state index contributed by atoms with van der Waals surface area (Å²) in [6, 6.07) is -1.33. The normalized spacial score (nSPS) is 22.7. The monoisotopic (exact) mass is 550 g/mol. The highest BCUT2D eigenvalue weighted by atomic mass is 35.5. The summed E-state index contributed by atoms with van der Waals surface area (Å²) in [4.78, 5) is 42.1. The highest BCUT2D eigenvalue weighted by Crippen LogP contribution is 2.41. The van der Waals surface area contributed by atoms with Crippen LogP contribution in [0.1, 0.15) is 5.69 Å². The first-order valence-corrected chi connectivity index (χ1v) is 12.7. The summed E-state index contributed by atoms with van der Waals surface area (Å²) in [5.74, 6) is -3.47. The number of hydrogen-bond acceptors (Lipinski definition) is 14. The lowest BCUT2D eigenvalue weighted by atomic mass is 10.0. The Morgan fingerprint density at radius 3 is 2.58 bits per heavy atom. The molecule has 14 nitrogen and oxygen atoms in total. The van der Waals surface area contributed by atoms with Gasteiger partial charge in [0.2, 0.25) is 5.13 Å². The molecule has 2 aliphatic rings. The molecular formula is C14H11ClN8O6S4. The second kappa shape index (κ2) is 8.86. The fourth-order valence-corrected chi connectivity index (χ4v) is 7.71. The van der Waals surface area contributed by atoms with E-state index in [0.29, 0.717) is 4.34 Å². The number of nitrogens with two attached hydrogens (primary N) is 2. The molecule has 0 bridgehead atoms. The fraction of sp³-hybridized carbons (Fsp3) is 0.214. The van der Waals surface area contributed by atoms with Gasteiger partial charge in [-0.1, -0.05) is 51.2 Å². The highest BCUT2D eigenvalue weighted by Gasteiger charge is 2.57.